The van der Waals surface area contributed by atoms with Gasteiger partial charge in [0.1, 0.15) is 0 Å². The summed E-state index contributed by atoms with van der Waals surface area (Å²) in [6.45, 7) is 0.702. The van der Waals surface area contributed by atoms with Crippen LogP contribution < -0.4 is 5.32 Å². The van der Waals surface area contributed by atoms with Gasteiger partial charge < -0.3 is 15.0 Å². The number of aromatic nitrogens is 1. The standard InChI is InChI=1S/C17H16N2O2/c1-19-11-13(15-4-2-3-5-16(15)19)10-18-14-8-6-12(7-9-14)17(20)21/h2-9,11,18H,10H2,1H3,(H,20,21). The van der Waals surface area contributed by atoms with E-state index in [4.69, 9.17) is 5.11 Å². The fraction of sp³-hybridized carbons (Fsp3) is 0.118. The molecular weight excluding hydrogens is 264 g/mol. The molecule has 0 amide bonds. The van der Waals surface area contributed by atoms with Crippen molar-refractivity contribution in [1.82, 2.24) is 4.57 Å². The molecule has 3 rings (SSSR count). The summed E-state index contributed by atoms with van der Waals surface area (Å²) >= 11 is 0. The zero-order valence-corrected chi connectivity index (χ0v) is 11.7. The van der Waals surface area contributed by atoms with Gasteiger partial charge in [-0.05, 0) is 35.9 Å². The first kappa shape index (κ1) is 13.2. The molecule has 0 fully saturated rings. The molecule has 2 aromatic carbocycles. The maximum absolute atomic E-state index is 10.8. The van der Waals surface area contributed by atoms with Gasteiger partial charge in [-0.3, -0.25) is 0 Å². The second-order valence-corrected chi connectivity index (χ2v) is 5.02. The Morgan fingerprint density at radius 3 is 2.57 bits per heavy atom. The van der Waals surface area contributed by atoms with Crippen molar-refractivity contribution in [1.29, 1.82) is 0 Å². The van der Waals surface area contributed by atoms with Crippen molar-refractivity contribution in [2.45, 2.75) is 6.54 Å². The van der Waals surface area contributed by atoms with Gasteiger partial charge in [0.25, 0.3) is 0 Å². The van der Waals surface area contributed by atoms with Gasteiger partial charge in [0.15, 0.2) is 0 Å². The number of para-hydroxylation sites is 1. The van der Waals surface area contributed by atoms with Gasteiger partial charge >= 0.3 is 5.97 Å². The number of nitrogens with zero attached hydrogens (tertiary/aromatic N) is 1. The number of carboxylic acid groups (broad SMARTS) is 1. The van der Waals surface area contributed by atoms with Gasteiger partial charge in [-0.15, -0.1) is 0 Å². The third kappa shape index (κ3) is 2.60. The van der Waals surface area contributed by atoms with Crippen LogP contribution in [-0.2, 0) is 13.6 Å². The molecule has 1 aromatic heterocycles. The van der Waals surface area contributed by atoms with Crippen LogP contribution in [0.5, 0.6) is 0 Å². The molecule has 4 nitrogen and oxygen atoms in total. The lowest BCUT2D eigenvalue weighted by atomic mass is 10.1. The Kier molecular flexibility index (Phi) is 3.36. The molecule has 106 valence electrons. The van der Waals surface area contributed by atoms with Crippen LogP contribution in [0.25, 0.3) is 10.9 Å². The van der Waals surface area contributed by atoms with E-state index in [9.17, 15) is 4.79 Å². The number of aromatic carboxylic acids is 1. The number of nitrogens with one attached hydrogen (secondary N) is 1. The van der Waals surface area contributed by atoms with E-state index in [0.717, 1.165) is 5.69 Å². The SMILES string of the molecule is Cn1cc(CNc2ccc(C(=O)O)cc2)c2ccccc21. The number of benzene rings is 2. The fourth-order valence-electron chi connectivity index (χ4n) is 2.49. The summed E-state index contributed by atoms with van der Waals surface area (Å²) < 4.78 is 2.11. The quantitative estimate of drug-likeness (QED) is 0.769. The molecule has 0 radical (unpaired) electrons. The van der Waals surface area contributed by atoms with Gasteiger partial charge in [0.05, 0.1) is 5.56 Å². The lowest BCUT2D eigenvalue weighted by Crippen LogP contribution is -2.00. The summed E-state index contributed by atoms with van der Waals surface area (Å²) in [6.07, 6.45) is 2.11. The third-order valence-electron chi connectivity index (χ3n) is 3.59. The van der Waals surface area contributed by atoms with Crippen molar-refractivity contribution in [3.05, 3.63) is 65.9 Å². The minimum Gasteiger partial charge on any atom is -0.478 e. The number of anilines is 1. The Morgan fingerprint density at radius 2 is 1.86 bits per heavy atom. The summed E-state index contributed by atoms with van der Waals surface area (Å²) in [4.78, 5) is 10.8. The number of aryl methyl sites for hydroxylation is 1. The normalized spacial score (nSPS) is 10.7. The topological polar surface area (TPSA) is 54.3 Å². The molecule has 3 aromatic rings. The van der Waals surface area contributed by atoms with Crippen LogP contribution in [0.1, 0.15) is 15.9 Å². The summed E-state index contributed by atoms with van der Waals surface area (Å²) in [6, 6.07) is 15.1. The van der Waals surface area contributed by atoms with E-state index >= 15 is 0 Å². The molecule has 21 heavy (non-hydrogen) atoms. The fourth-order valence-corrected chi connectivity index (χ4v) is 2.49. The zero-order valence-electron chi connectivity index (χ0n) is 11.7. The monoisotopic (exact) mass is 280 g/mol. The van der Waals surface area contributed by atoms with Gasteiger partial charge in [-0.25, -0.2) is 4.79 Å². The summed E-state index contributed by atoms with van der Waals surface area (Å²) in [5.74, 6) is -0.907. The highest BCUT2D eigenvalue weighted by Gasteiger charge is 2.06. The van der Waals surface area contributed by atoms with Crippen LogP contribution in [0.4, 0.5) is 5.69 Å². The van der Waals surface area contributed by atoms with E-state index in [0.29, 0.717) is 12.1 Å². The number of hydrogen-bond donors (Lipinski definition) is 2. The van der Waals surface area contributed by atoms with Crippen molar-refractivity contribution in [3.8, 4) is 0 Å². The molecule has 4 heteroatoms. The minimum absolute atomic E-state index is 0.297. The molecule has 0 aliphatic heterocycles. The van der Waals surface area contributed by atoms with Crippen molar-refractivity contribution in [2.24, 2.45) is 7.05 Å². The lowest BCUT2D eigenvalue weighted by Gasteiger charge is -2.06. The first-order valence-corrected chi connectivity index (χ1v) is 6.75. The average Bonchev–Trinajstić information content (AvgIpc) is 2.83. The maximum atomic E-state index is 10.8. The predicted octanol–water partition coefficient (Wildman–Crippen LogP) is 3.49. The molecule has 0 spiro atoms. The highest BCUT2D eigenvalue weighted by atomic mass is 16.4. The van der Waals surface area contributed by atoms with Crippen molar-refractivity contribution < 1.29 is 9.90 Å². The van der Waals surface area contributed by atoms with Gasteiger partial charge in [0.2, 0.25) is 0 Å². The Hall–Kier alpha value is -2.75. The minimum atomic E-state index is -0.907. The molecule has 0 atom stereocenters. The molecule has 1 heterocycles. The summed E-state index contributed by atoms with van der Waals surface area (Å²) in [7, 11) is 2.04. The first-order valence-electron chi connectivity index (χ1n) is 6.75. The number of hydrogen-bond acceptors (Lipinski definition) is 2. The van der Waals surface area contributed by atoms with E-state index < -0.39 is 5.97 Å². The predicted molar refractivity (Wildman–Crippen MR) is 83.6 cm³/mol. The number of fused-ring (bicyclic) bond motifs is 1. The average molecular weight is 280 g/mol. The van der Waals surface area contributed by atoms with E-state index in [2.05, 4.69) is 28.2 Å². The zero-order chi connectivity index (χ0) is 14.8. The lowest BCUT2D eigenvalue weighted by molar-refractivity contribution is 0.0697. The molecule has 2 N–H and O–H groups in total. The van der Waals surface area contributed by atoms with E-state index in [-0.39, 0.29) is 0 Å². The summed E-state index contributed by atoms with van der Waals surface area (Å²) in [5.41, 5.74) is 3.63. The van der Waals surface area contributed by atoms with E-state index in [1.165, 1.54) is 16.5 Å². The molecule has 0 saturated carbocycles. The van der Waals surface area contributed by atoms with Crippen LogP contribution in [0, 0.1) is 0 Å². The molecule has 0 aliphatic rings. The van der Waals surface area contributed by atoms with Crippen molar-refractivity contribution in [2.75, 3.05) is 5.32 Å². The Morgan fingerprint density at radius 1 is 1.14 bits per heavy atom. The maximum Gasteiger partial charge on any atom is 0.335 e. The van der Waals surface area contributed by atoms with Crippen LogP contribution in [0.15, 0.2) is 54.7 Å². The Balaban J connectivity index is 1.79. The Bertz CT molecular complexity index is 788. The number of carbonyl (C=O) groups is 1. The first-order chi connectivity index (χ1) is 10.1. The highest BCUT2D eigenvalue weighted by molar-refractivity contribution is 5.88. The van der Waals surface area contributed by atoms with E-state index in [1.807, 2.05) is 19.2 Å². The van der Waals surface area contributed by atoms with E-state index in [1.54, 1.807) is 24.3 Å². The molecule has 0 aliphatic carbocycles. The molecular formula is C17H16N2O2. The molecule has 0 unspecified atom stereocenters. The van der Waals surface area contributed by atoms with Crippen LogP contribution >= 0.6 is 0 Å². The number of rotatable bonds is 4. The van der Waals surface area contributed by atoms with Gasteiger partial charge in [-0.1, -0.05) is 18.2 Å². The van der Waals surface area contributed by atoms with Crippen molar-refractivity contribution in [3.63, 3.8) is 0 Å². The van der Waals surface area contributed by atoms with Crippen LogP contribution in [-0.4, -0.2) is 15.6 Å². The smallest absolute Gasteiger partial charge is 0.335 e. The second-order valence-electron chi connectivity index (χ2n) is 5.02. The van der Waals surface area contributed by atoms with Gasteiger partial charge in [0, 0.05) is 36.4 Å². The largest absolute Gasteiger partial charge is 0.478 e. The highest BCUT2D eigenvalue weighted by Crippen LogP contribution is 2.21. The Labute approximate surface area is 122 Å². The second kappa shape index (κ2) is 5.32. The van der Waals surface area contributed by atoms with Gasteiger partial charge in [-0.2, -0.15) is 0 Å². The summed E-state index contributed by atoms with van der Waals surface area (Å²) in [5, 5.41) is 13.4. The third-order valence-corrected chi connectivity index (χ3v) is 3.59. The van der Waals surface area contributed by atoms with Crippen LogP contribution in [0.2, 0.25) is 0 Å². The van der Waals surface area contributed by atoms with Crippen LogP contribution in [0.3, 0.4) is 0 Å². The van der Waals surface area contributed by atoms with Crippen molar-refractivity contribution >= 4 is 22.6 Å². The number of carboxylic acids is 1. The molecule has 0 bridgehead atoms. The molecule has 0 saturated heterocycles.